The van der Waals surface area contributed by atoms with E-state index in [1.54, 1.807) is 36.4 Å². The Bertz CT molecular complexity index is 903. The van der Waals surface area contributed by atoms with Gasteiger partial charge in [0.05, 0.1) is 18.8 Å². The first-order valence-electron chi connectivity index (χ1n) is 9.73. The van der Waals surface area contributed by atoms with E-state index in [1.165, 1.54) is 17.9 Å². The van der Waals surface area contributed by atoms with Gasteiger partial charge in [-0.05, 0) is 42.2 Å². The number of carbonyl (C=O) groups is 2. The van der Waals surface area contributed by atoms with Crippen LogP contribution in [0.2, 0.25) is 0 Å². The summed E-state index contributed by atoms with van der Waals surface area (Å²) in [5.41, 5.74) is 2.32. The van der Waals surface area contributed by atoms with Gasteiger partial charge in [-0.1, -0.05) is 24.3 Å². The quantitative estimate of drug-likeness (QED) is 0.682. The van der Waals surface area contributed by atoms with Crippen LogP contribution >= 0.6 is 0 Å². The predicted molar refractivity (Wildman–Crippen MR) is 107 cm³/mol. The fourth-order valence-electron chi connectivity index (χ4n) is 3.31. The summed E-state index contributed by atoms with van der Waals surface area (Å²) in [6.45, 7) is 1.78. The van der Waals surface area contributed by atoms with Gasteiger partial charge < -0.3 is 10.1 Å². The van der Waals surface area contributed by atoms with Crippen LogP contribution in [0.25, 0.3) is 11.1 Å². The van der Waals surface area contributed by atoms with Gasteiger partial charge in [0.15, 0.2) is 0 Å². The second-order valence-corrected chi connectivity index (χ2v) is 7.20. The van der Waals surface area contributed by atoms with E-state index in [-0.39, 0.29) is 25.4 Å². The molecule has 1 atom stereocenters. The van der Waals surface area contributed by atoms with Crippen LogP contribution in [0, 0.1) is 5.82 Å². The van der Waals surface area contributed by atoms with E-state index < -0.39 is 24.4 Å². The summed E-state index contributed by atoms with van der Waals surface area (Å²) in [4.78, 5) is 24.4. The number of ether oxygens (including phenoxy) is 1. The number of rotatable bonds is 8. The van der Waals surface area contributed by atoms with Crippen molar-refractivity contribution in [3.8, 4) is 11.1 Å². The number of carbonyl (C=O) groups excluding carboxylic acids is 2. The molecule has 2 aromatic rings. The monoisotopic (exact) mass is 420 g/mol. The molecule has 1 aliphatic heterocycles. The number of aryl methyl sites for hydroxylation is 1. The van der Waals surface area contributed by atoms with Gasteiger partial charge >= 0.3 is 6.09 Å². The maximum atomic E-state index is 14.7. The Morgan fingerprint density at radius 1 is 1.23 bits per heavy atom. The Morgan fingerprint density at radius 2 is 1.97 bits per heavy atom. The summed E-state index contributed by atoms with van der Waals surface area (Å²) < 4.78 is 44.4. The van der Waals surface area contributed by atoms with E-state index in [2.05, 4.69) is 5.32 Å². The van der Waals surface area contributed by atoms with Crippen molar-refractivity contribution in [2.75, 3.05) is 18.0 Å². The lowest BCUT2D eigenvalue weighted by Crippen LogP contribution is -2.33. The van der Waals surface area contributed by atoms with Crippen molar-refractivity contribution >= 4 is 17.7 Å². The first-order chi connectivity index (χ1) is 14.3. The third kappa shape index (κ3) is 5.52. The smallest absolute Gasteiger partial charge is 0.414 e. The Hall–Kier alpha value is -3.03. The van der Waals surface area contributed by atoms with Crippen LogP contribution < -0.4 is 10.2 Å². The minimum Gasteiger partial charge on any atom is -0.442 e. The van der Waals surface area contributed by atoms with Crippen molar-refractivity contribution in [1.82, 2.24) is 5.32 Å². The number of halogens is 3. The SMILES string of the molecule is CC(=O)NC[C@H]1CN(c2ccc(-c3ccc(CCCC(F)F)cc3)c(F)c2)C(=O)O1. The molecular weight excluding hydrogens is 397 g/mol. The average molecular weight is 420 g/mol. The third-order valence-electron chi connectivity index (χ3n) is 4.87. The van der Waals surface area contributed by atoms with Crippen LogP contribution in [0.1, 0.15) is 25.3 Å². The Balaban J connectivity index is 1.66. The first-order valence-corrected chi connectivity index (χ1v) is 9.73. The predicted octanol–water partition coefficient (Wildman–Crippen LogP) is 4.54. The van der Waals surface area contributed by atoms with Crippen LogP contribution in [0.15, 0.2) is 42.5 Å². The first kappa shape index (κ1) is 21.7. The molecule has 3 rings (SSSR count). The summed E-state index contributed by atoms with van der Waals surface area (Å²) >= 11 is 0. The van der Waals surface area contributed by atoms with E-state index in [0.29, 0.717) is 29.7 Å². The number of amides is 2. The molecule has 8 heteroatoms. The number of hydrogen-bond donors (Lipinski definition) is 1. The minimum atomic E-state index is -2.30. The van der Waals surface area contributed by atoms with Crippen LogP contribution in [-0.2, 0) is 16.0 Å². The Kier molecular flexibility index (Phi) is 6.97. The number of nitrogens with one attached hydrogen (secondary N) is 1. The molecule has 0 radical (unpaired) electrons. The molecule has 2 aromatic carbocycles. The zero-order valence-electron chi connectivity index (χ0n) is 16.5. The topological polar surface area (TPSA) is 58.6 Å². The van der Waals surface area contributed by atoms with Crippen molar-refractivity contribution in [3.05, 3.63) is 53.8 Å². The lowest BCUT2D eigenvalue weighted by molar-refractivity contribution is -0.119. The number of benzene rings is 2. The second-order valence-electron chi connectivity index (χ2n) is 7.20. The lowest BCUT2D eigenvalue weighted by Gasteiger charge is -2.14. The van der Waals surface area contributed by atoms with Crippen LogP contribution in [0.3, 0.4) is 0 Å². The summed E-state index contributed by atoms with van der Waals surface area (Å²) in [5.74, 6) is -0.712. The molecule has 0 aromatic heterocycles. The highest BCUT2D eigenvalue weighted by atomic mass is 19.3. The van der Waals surface area contributed by atoms with Gasteiger partial charge in [0, 0.05) is 18.9 Å². The van der Waals surface area contributed by atoms with Crippen molar-refractivity contribution in [3.63, 3.8) is 0 Å². The molecular formula is C22H23F3N2O3. The van der Waals surface area contributed by atoms with Gasteiger partial charge in [-0.25, -0.2) is 18.0 Å². The number of alkyl halides is 2. The molecule has 160 valence electrons. The molecule has 2 amide bonds. The molecule has 1 aliphatic rings. The summed E-state index contributed by atoms with van der Waals surface area (Å²) in [5, 5.41) is 2.59. The van der Waals surface area contributed by atoms with Gasteiger partial charge in [-0.3, -0.25) is 9.69 Å². The maximum absolute atomic E-state index is 14.7. The molecule has 0 spiro atoms. The van der Waals surface area contributed by atoms with Crippen molar-refractivity contribution in [2.24, 2.45) is 0 Å². The van der Waals surface area contributed by atoms with E-state index >= 15 is 0 Å². The van der Waals surface area contributed by atoms with Gasteiger partial charge in [-0.15, -0.1) is 0 Å². The van der Waals surface area contributed by atoms with Gasteiger partial charge in [0.1, 0.15) is 11.9 Å². The molecule has 0 saturated carbocycles. The Labute approximate surface area is 172 Å². The van der Waals surface area contributed by atoms with E-state index in [1.807, 2.05) is 0 Å². The van der Waals surface area contributed by atoms with Gasteiger partial charge in [-0.2, -0.15) is 0 Å². The molecule has 1 heterocycles. The van der Waals surface area contributed by atoms with Crippen molar-refractivity contribution < 1.29 is 27.5 Å². The van der Waals surface area contributed by atoms with Gasteiger partial charge in [0.25, 0.3) is 0 Å². The molecule has 0 bridgehead atoms. The van der Waals surface area contributed by atoms with E-state index in [0.717, 1.165) is 5.56 Å². The fraction of sp³-hybridized carbons (Fsp3) is 0.364. The fourth-order valence-corrected chi connectivity index (χ4v) is 3.31. The summed E-state index contributed by atoms with van der Waals surface area (Å²) in [6, 6.07) is 11.6. The van der Waals surface area contributed by atoms with E-state index in [9.17, 15) is 22.8 Å². The van der Waals surface area contributed by atoms with Crippen LogP contribution in [0.4, 0.5) is 23.7 Å². The minimum absolute atomic E-state index is 0.136. The average Bonchev–Trinajstić information content (AvgIpc) is 3.07. The highest BCUT2D eigenvalue weighted by Gasteiger charge is 2.32. The summed E-state index contributed by atoms with van der Waals surface area (Å²) in [7, 11) is 0. The zero-order chi connectivity index (χ0) is 21.7. The third-order valence-corrected chi connectivity index (χ3v) is 4.87. The normalized spacial score (nSPS) is 16.1. The standard InChI is InChI=1S/C22H23F3N2O3/c1-14(28)26-12-18-13-27(22(29)30-18)17-9-10-19(20(23)11-17)16-7-5-15(6-8-16)3-2-4-21(24)25/h5-11,18,21H,2-4,12-13H2,1H3,(H,26,28)/t18-/m0/s1. The summed E-state index contributed by atoms with van der Waals surface area (Å²) in [6.07, 6.45) is -2.59. The number of cyclic esters (lactones) is 1. The molecule has 1 saturated heterocycles. The lowest BCUT2D eigenvalue weighted by atomic mass is 10.0. The molecule has 5 nitrogen and oxygen atoms in total. The van der Waals surface area contributed by atoms with Gasteiger partial charge in [0.2, 0.25) is 12.3 Å². The van der Waals surface area contributed by atoms with Crippen molar-refractivity contribution in [1.29, 1.82) is 0 Å². The van der Waals surface area contributed by atoms with E-state index in [4.69, 9.17) is 4.74 Å². The highest BCUT2D eigenvalue weighted by Crippen LogP contribution is 2.29. The maximum Gasteiger partial charge on any atom is 0.414 e. The molecule has 30 heavy (non-hydrogen) atoms. The molecule has 1 fully saturated rings. The van der Waals surface area contributed by atoms with Crippen molar-refractivity contribution in [2.45, 2.75) is 38.7 Å². The molecule has 0 aliphatic carbocycles. The Morgan fingerprint density at radius 3 is 2.60 bits per heavy atom. The molecule has 1 N–H and O–H groups in total. The van der Waals surface area contributed by atoms with Crippen LogP contribution in [-0.4, -0.2) is 37.6 Å². The highest BCUT2D eigenvalue weighted by molar-refractivity contribution is 5.90. The zero-order valence-corrected chi connectivity index (χ0v) is 16.5. The second kappa shape index (κ2) is 9.65. The number of anilines is 1. The largest absolute Gasteiger partial charge is 0.442 e. The number of nitrogens with zero attached hydrogens (tertiary/aromatic N) is 1. The molecule has 0 unspecified atom stereocenters. The number of hydrogen-bond acceptors (Lipinski definition) is 3. The van der Waals surface area contributed by atoms with Crippen LogP contribution in [0.5, 0.6) is 0 Å².